The van der Waals surface area contributed by atoms with E-state index in [1.54, 1.807) is 18.9 Å². The van der Waals surface area contributed by atoms with E-state index in [1.165, 1.54) is 13.2 Å². The molecule has 0 bridgehead atoms. The number of likely N-dealkylation sites (N-methyl/N-ethyl adjacent to an activating group) is 1. The van der Waals surface area contributed by atoms with E-state index in [2.05, 4.69) is 9.72 Å². The number of pyridine rings is 1. The van der Waals surface area contributed by atoms with Gasteiger partial charge >= 0.3 is 5.97 Å². The second kappa shape index (κ2) is 5.24. The molecule has 1 aromatic heterocycles. The number of carbonyl (C=O) groups excluding carboxylic acids is 1. The van der Waals surface area contributed by atoms with E-state index in [-0.39, 0.29) is 12.2 Å². The van der Waals surface area contributed by atoms with Crippen LogP contribution in [0.4, 0.5) is 11.5 Å². The minimum absolute atomic E-state index is 0.0438. The zero-order valence-corrected chi connectivity index (χ0v) is 9.84. The predicted molar refractivity (Wildman–Crippen MR) is 60.9 cm³/mol. The maximum atomic E-state index is 11.1. The van der Waals surface area contributed by atoms with Crippen molar-refractivity contribution in [2.45, 2.75) is 6.92 Å². The maximum absolute atomic E-state index is 11.1. The summed E-state index contributed by atoms with van der Waals surface area (Å²) in [6.07, 6.45) is 1.16. The van der Waals surface area contributed by atoms with Gasteiger partial charge in [-0.2, -0.15) is 0 Å². The number of aryl methyl sites for hydroxylation is 1. The molecule has 1 rings (SSSR count). The fourth-order valence-electron chi connectivity index (χ4n) is 1.39. The number of carbonyl (C=O) groups is 1. The van der Waals surface area contributed by atoms with Crippen LogP contribution < -0.4 is 4.90 Å². The molecule has 0 aliphatic rings. The molecule has 1 heterocycles. The van der Waals surface area contributed by atoms with Crippen molar-refractivity contribution >= 4 is 17.5 Å². The Morgan fingerprint density at radius 3 is 2.76 bits per heavy atom. The number of aromatic nitrogens is 1. The number of ether oxygens (including phenoxy) is 1. The van der Waals surface area contributed by atoms with Gasteiger partial charge in [0.15, 0.2) is 0 Å². The Hall–Kier alpha value is -2.18. The predicted octanol–water partition coefficient (Wildman–Crippen LogP) is 0.907. The highest BCUT2D eigenvalue weighted by molar-refractivity contribution is 5.75. The number of hydrogen-bond donors (Lipinski definition) is 0. The van der Waals surface area contributed by atoms with Gasteiger partial charge in [-0.1, -0.05) is 0 Å². The van der Waals surface area contributed by atoms with Crippen LogP contribution in [-0.4, -0.2) is 36.6 Å². The third-order valence-electron chi connectivity index (χ3n) is 2.20. The zero-order chi connectivity index (χ0) is 13.0. The third-order valence-corrected chi connectivity index (χ3v) is 2.20. The highest BCUT2D eigenvalue weighted by atomic mass is 16.6. The summed E-state index contributed by atoms with van der Waals surface area (Å²) in [5.74, 6) is 0.119. The highest BCUT2D eigenvalue weighted by Gasteiger charge is 2.14. The lowest BCUT2D eigenvalue weighted by atomic mass is 10.2. The van der Waals surface area contributed by atoms with Crippen molar-refractivity contribution in [3.05, 3.63) is 27.9 Å². The van der Waals surface area contributed by atoms with Gasteiger partial charge in [0.2, 0.25) is 0 Å². The highest BCUT2D eigenvalue weighted by Crippen LogP contribution is 2.20. The molecule has 0 aliphatic heterocycles. The third kappa shape index (κ3) is 3.13. The molecule has 0 saturated heterocycles. The number of methoxy groups -OCH3 is 1. The van der Waals surface area contributed by atoms with Crippen molar-refractivity contribution < 1.29 is 14.5 Å². The van der Waals surface area contributed by atoms with E-state index in [9.17, 15) is 14.9 Å². The van der Waals surface area contributed by atoms with Gasteiger partial charge < -0.3 is 9.64 Å². The fourth-order valence-corrected chi connectivity index (χ4v) is 1.39. The summed E-state index contributed by atoms with van der Waals surface area (Å²) in [4.78, 5) is 26.6. The van der Waals surface area contributed by atoms with E-state index in [1.807, 2.05) is 0 Å². The summed E-state index contributed by atoms with van der Waals surface area (Å²) in [5, 5.41) is 10.5. The fraction of sp³-hybridized carbons (Fsp3) is 0.400. The monoisotopic (exact) mass is 239 g/mol. The standard InChI is InChI=1S/C10H13N3O4/c1-7-4-8(13(15)16)5-11-10(7)12(2)6-9(14)17-3/h4-5H,6H2,1-3H3. The molecule has 0 radical (unpaired) electrons. The molecule has 0 unspecified atom stereocenters. The van der Waals surface area contributed by atoms with Crippen molar-refractivity contribution in [3.8, 4) is 0 Å². The van der Waals surface area contributed by atoms with E-state index >= 15 is 0 Å². The average molecular weight is 239 g/mol. The molecule has 17 heavy (non-hydrogen) atoms. The van der Waals surface area contributed by atoms with E-state index in [0.717, 1.165) is 6.20 Å². The molecule has 92 valence electrons. The summed E-state index contributed by atoms with van der Waals surface area (Å²) in [6, 6.07) is 1.41. The minimum Gasteiger partial charge on any atom is -0.468 e. The molecule has 7 nitrogen and oxygen atoms in total. The lowest BCUT2D eigenvalue weighted by Crippen LogP contribution is -2.27. The number of anilines is 1. The van der Waals surface area contributed by atoms with Crippen molar-refractivity contribution in [2.24, 2.45) is 0 Å². The number of hydrogen-bond acceptors (Lipinski definition) is 6. The van der Waals surface area contributed by atoms with Crippen LogP contribution >= 0.6 is 0 Å². The Bertz CT molecular complexity index is 447. The van der Waals surface area contributed by atoms with Crippen LogP contribution in [0.2, 0.25) is 0 Å². The van der Waals surface area contributed by atoms with Gasteiger partial charge in [0.05, 0.1) is 12.0 Å². The quantitative estimate of drug-likeness (QED) is 0.441. The van der Waals surface area contributed by atoms with E-state index in [4.69, 9.17) is 0 Å². The summed E-state index contributed by atoms with van der Waals surface area (Å²) in [6.45, 7) is 1.74. The Morgan fingerprint density at radius 1 is 1.65 bits per heavy atom. The van der Waals surface area contributed by atoms with Gasteiger partial charge in [0.1, 0.15) is 18.6 Å². The normalized spacial score (nSPS) is 9.82. The number of esters is 1. The Morgan fingerprint density at radius 2 is 2.29 bits per heavy atom. The largest absolute Gasteiger partial charge is 0.468 e. The summed E-state index contributed by atoms with van der Waals surface area (Å²) in [7, 11) is 2.96. The van der Waals surface area contributed by atoms with Crippen LogP contribution in [-0.2, 0) is 9.53 Å². The van der Waals surface area contributed by atoms with Crippen molar-refractivity contribution in [1.29, 1.82) is 0 Å². The number of rotatable bonds is 4. The van der Waals surface area contributed by atoms with Crippen LogP contribution in [0.15, 0.2) is 12.3 Å². The van der Waals surface area contributed by atoms with Crippen LogP contribution in [0, 0.1) is 17.0 Å². The van der Waals surface area contributed by atoms with Crippen LogP contribution in [0.25, 0.3) is 0 Å². The Balaban J connectivity index is 2.92. The van der Waals surface area contributed by atoms with Crippen molar-refractivity contribution in [1.82, 2.24) is 4.98 Å². The first-order valence-corrected chi connectivity index (χ1v) is 4.84. The summed E-state index contributed by atoms with van der Waals surface area (Å²) < 4.78 is 4.53. The topological polar surface area (TPSA) is 85.6 Å². The molecular formula is C10H13N3O4. The second-order valence-electron chi connectivity index (χ2n) is 3.52. The number of nitro groups is 1. The van der Waals surface area contributed by atoms with E-state index in [0.29, 0.717) is 11.4 Å². The molecular weight excluding hydrogens is 226 g/mol. The second-order valence-corrected chi connectivity index (χ2v) is 3.52. The molecule has 0 aliphatic carbocycles. The van der Waals surface area contributed by atoms with Gasteiger partial charge in [-0.05, 0) is 12.5 Å². The number of nitrogens with zero attached hydrogens (tertiary/aromatic N) is 3. The van der Waals surface area contributed by atoms with Gasteiger partial charge in [-0.15, -0.1) is 0 Å². The van der Waals surface area contributed by atoms with Crippen LogP contribution in [0.1, 0.15) is 5.56 Å². The van der Waals surface area contributed by atoms with E-state index < -0.39 is 10.9 Å². The molecule has 0 saturated carbocycles. The Kier molecular flexibility index (Phi) is 3.97. The van der Waals surface area contributed by atoms with Crippen LogP contribution in [0.5, 0.6) is 0 Å². The van der Waals surface area contributed by atoms with Crippen molar-refractivity contribution in [3.63, 3.8) is 0 Å². The molecule has 0 aromatic carbocycles. The molecule has 0 N–H and O–H groups in total. The van der Waals surface area contributed by atoms with Crippen LogP contribution in [0.3, 0.4) is 0 Å². The molecule has 0 fully saturated rings. The zero-order valence-electron chi connectivity index (χ0n) is 9.84. The first-order chi connectivity index (χ1) is 7.95. The van der Waals surface area contributed by atoms with Crippen molar-refractivity contribution in [2.75, 3.05) is 25.6 Å². The minimum atomic E-state index is -0.510. The first-order valence-electron chi connectivity index (χ1n) is 4.84. The lowest BCUT2D eigenvalue weighted by molar-refractivity contribution is -0.385. The summed E-state index contributed by atoms with van der Waals surface area (Å²) >= 11 is 0. The molecule has 0 atom stereocenters. The summed E-state index contributed by atoms with van der Waals surface area (Å²) in [5.41, 5.74) is 0.559. The Labute approximate surface area is 98.2 Å². The molecule has 7 heteroatoms. The van der Waals surface area contributed by atoms with Gasteiger partial charge in [0.25, 0.3) is 5.69 Å². The molecule has 0 spiro atoms. The van der Waals surface area contributed by atoms with Gasteiger partial charge in [-0.25, -0.2) is 4.98 Å². The maximum Gasteiger partial charge on any atom is 0.325 e. The SMILES string of the molecule is COC(=O)CN(C)c1ncc([N+](=O)[O-])cc1C. The average Bonchev–Trinajstić information content (AvgIpc) is 2.28. The molecule has 1 aromatic rings. The van der Waals surface area contributed by atoms with Gasteiger partial charge in [0, 0.05) is 13.1 Å². The first kappa shape index (κ1) is 12.9. The smallest absolute Gasteiger partial charge is 0.325 e. The lowest BCUT2D eigenvalue weighted by Gasteiger charge is -2.18. The molecule has 0 amide bonds. The van der Waals surface area contributed by atoms with Gasteiger partial charge in [-0.3, -0.25) is 14.9 Å².